The smallest absolute Gasteiger partial charge is 0.0695 e. The Hall–Kier alpha value is -0.0800. The SMILES string of the molecule is CCC(CC)CN(CC)[C@H]1CCCC[C@@H]1O. The summed E-state index contributed by atoms with van der Waals surface area (Å²) in [5, 5.41) is 10.1. The van der Waals surface area contributed by atoms with E-state index in [0.717, 1.165) is 18.9 Å². The molecule has 0 amide bonds. The minimum atomic E-state index is -0.0805. The van der Waals surface area contributed by atoms with Gasteiger partial charge in [-0.15, -0.1) is 0 Å². The summed E-state index contributed by atoms with van der Waals surface area (Å²) in [6.07, 6.45) is 7.13. The van der Waals surface area contributed by atoms with Gasteiger partial charge in [0.2, 0.25) is 0 Å². The predicted molar refractivity (Wildman–Crippen MR) is 69.6 cm³/mol. The minimum absolute atomic E-state index is 0.0805. The van der Waals surface area contributed by atoms with Gasteiger partial charge in [0.15, 0.2) is 0 Å². The van der Waals surface area contributed by atoms with Crippen LogP contribution in [0.5, 0.6) is 0 Å². The van der Waals surface area contributed by atoms with Crippen LogP contribution in [0.1, 0.15) is 59.3 Å². The average Bonchev–Trinajstić information content (AvgIpc) is 2.32. The van der Waals surface area contributed by atoms with Crippen molar-refractivity contribution in [3.05, 3.63) is 0 Å². The van der Waals surface area contributed by atoms with Crippen molar-refractivity contribution in [2.45, 2.75) is 71.4 Å². The van der Waals surface area contributed by atoms with Crippen LogP contribution in [0.15, 0.2) is 0 Å². The minimum Gasteiger partial charge on any atom is -0.391 e. The van der Waals surface area contributed by atoms with Crippen molar-refractivity contribution in [3.63, 3.8) is 0 Å². The molecule has 0 radical (unpaired) electrons. The fourth-order valence-electron chi connectivity index (χ4n) is 2.90. The average molecular weight is 227 g/mol. The monoisotopic (exact) mass is 227 g/mol. The number of aliphatic hydroxyl groups excluding tert-OH is 1. The van der Waals surface area contributed by atoms with Crippen LogP contribution in [0.4, 0.5) is 0 Å². The quantitative estimate of drug-likeness (QED) is 0.754. The van der Waals surface area contributed by atoms with Crippen LogP contribution in [-0.2, 0) is 0 Å². The van der Waals surface area contributed by atoms with Crippen LogP contribution in [0.25, 0.3) is 0 Å². The van der Waals surface area contributed by atoms with Crippen LogP contribution in [0.2, 0.25) is 0 Å². The van der Waals surface area contributed by atoms with Gasteiger partial charge in [-0.2, -0.15) is 0 Å². The second kappa shape index (κ2) is 7.29. The van der Waals surface area contributed by atoms with Crippen molar-refractivity contribution in [2.75, 3.05) is 13.1 Å². The van der Waals surface area contributed by atoms with Crippen molar-refractivity contribution in [2.24, 2.45) is 5.92 Å². The first-order chi connectivity index (χ1) is 7.72. The van der Waals surface area contributed by atoms with E-state index in [-0.39, 0.29) is 6.10 Å². The lowest BCUT2D eigenvalue weighted by Crippen LogP contribution is -2.47. The Bertz CT molecular complexity index is 180. The molecule has 2 atom stereocenters. The normalized spacial score (nSPS) is 26.6. The first-order valence-corrected chi connectivity index (χ1v) is 7.14. The number of likely N-dealkylation sites (N-methyl/N-ethyl adjacent to an activating group) is 1. The van der Waals surface area contributed by atoms with Gasteiger partial charge in [-0.1, -0.05) is 46.5 Å². The third-order valence-electron chi connectivity index (χ3n) is 4.22. The van der Waals surface area contributed by atoms with E-state index in [1.807, 2.05) is 0 Å². The number of hydrogen-bond donors (Lipinski definition) is 1. The van der Waals surface area contributed by atoms with Crippen molar-refractivity contribution in [1.82, 2.24) is 4.90 Å². The number of nitrogens with zero attached hydrogens (tertiary/aromatic N) is 1. The maximum atomic E-state index is 10.1. The third-order valence-corrected chi connectivity index (χ3v) is 4.22. The lowest BCUT2D eigenvalue weighted by molar-refractivity contribution is 0.0145. The second-order valence-corrected chi connectivity index (χ2v) is 5.19. The Balaban J connectivity index is 2.51. The van der Waals surface area contributed by atoms with Crippen LogP contribution in [-0.4, -0.2) is 35.2 Å². The highest BCUT2D eigenvalue weighted by atomic mass is 16.3. The fraction of sp³-hybridized carbons (Fsp3) is 1.00. The molecule has 1 saturated carbocycles. The molecule has 0 aliphatic heterocycles. The van der Waals surface area contributed by atoms with Crippen LogP contribution in [0.3, 0.4) is 0 Å². The Labute approximate surface area is 101 Å². The molecule has 16 heavy (non-hydrogen) atoms. The van der Waals surface area contributed by atoms with Gasteiger partial charge in [0.25, 0.3) is 0 Å². The summed E-state index contributed by atoms with van der Waals surface area (Å²) in [7, 11) is 0. The third kappa shape index (κ3) is 3.74. The summed E-state index contributed by atoms with van der Waals surface area (Å²) in [6, 6.07) is 0.430. The van der Waals surface area contributed by atoms with Gasteiger partial charge in [-0.25, -0.2) is 0 Å². The van der Waals surface area contributed by atoms with Gasteiger partial charge in [-0.3, -0.25) is 4.90 Å². The van der Waals surface area contributed by atoms with Gasteiger partial charge in [0, 0.05) is 12.6 Å². The summed E-state index contributed by atoms with van der Waals surface area (Å²) in [5.41, 5.74) is 0. The standard InChI is InChI=1S/C14H29NO/c1-4-12(5-2)11-15(6-3)13-9-7-8-10-14(13)16/h12-14,16H,4-11H2,1-3H3/t13-,14-/m0/s1. The van der Waals surface area contributed by atoms with Crippen LogP contribution >= 0.6 is 0 Å². The molecule has 1 N–H and O–H groups in total. The first kappa shape index (κ1) is 14.0. The van der Waals surface area contributed by atoms with Gasteiger partial charge in [-0.05, 0) is 25.3 Å². The molecule has 0 aromatic carbocycles. The molecule has 0 heterocycles. The Kier molecular flexibility index (Phi) is 6.37. The summed E-state index contributed by atoms with van der Waals surface area (Å²) < 4.78 is 0. The molecule has 96 valence electrons. The Morgan fingerprint density at radius 1 is 1.12 bits per heavy atom. The molecule has 2 heteroatoms. The molecule has 0 aromatic heterocycles. The maximum absolute atomic E-state index is 10.1. The van der Waals surface area contributed by atoms with Crippen molar-refractivity contribution in [3.8, 4) is 0 Å². The van der Waals surface area contributed by atoms with Gasteiger partial charge >= 0.3 is 0 Å². The van der Waals surface area contributed by atoms with Crippen molar-refractivity contribution >= 4 is 0 Å². The second-order valence-electron chi connectivity index (χ2n) is 5.19. The summed E-state index contributed by atoms with van der Waals surface area (Å²) in [5.74, 6) is 0.800. The van der Waals surface area contributed by atoms with Crippen molar-refractivity contribution in [1.29, 1.82) is 0 Å². The predicted octanol–water partition coefficient (Wildman–Crippen LogP) is 3.05. The topological polar surface area (TPSA) is 23.5 Å². The molecule has 0 bridgehead atoms. The molecule has 1 fully saturated rings. The van der Waals surface area contributed by atoms with Crippen molar-refractivity contribution < 1.29 is 5.11 Å². The number of rotatable bonds is 6. The summed E-state index contributed by atoms with van der Waals surface area (Å²) in [4.78, 5) is 2.52. The molecular weight excluding hydrogens is 198 g/mol. The maximum Gasteiger partial charge on any atom is 0.0695 e. The zero-order chi connectivity index (χ0) is 12.0. The van der Waals surface area contributed by atoms with Gasteiger partial charge < -0.3 is 5.11 Å². The molecule has 1 aliphatic carbocycles. The molecule has 0 spiro atoms. The lowest BCUT2D eigenvalue weighted by Gasteiger charge is -2.38. The molecule has 0 unspecified atom stereocenters. The summed E-state index contributed by atoms with van der Waals surface area (Å²) in [6.45, 7) is 9.03. The van der Waals surface area contributed by atoms with E-state index in [1.165, 1.54) is 38.6 Å². The van der Waals surface area contributed by atoms with E-state index in [9.17, 15) is 5.11 Å². The Morgan fingerprint density at radius 3 is 2.25 bits per heavy atom. The van der Waals surface area contributed by atoms with Gasteiger partial charge in [0.1, 0.15) is 0 Å². The van der Waals surface area contributed by atoms with E-state index >= 15 is 0 Å². The van der Waals surface area contributed by atoms with Gasteiger partial charge in [0.05, 0.1) is 6.10 Å². The summed E-state index contributed by atoms with van der Waals surface area (Å²) >= 11 is 0. The number of aliphatic hydroxyl groups is 1. The van der Waals surface area contributed by atoms with E-state index in [2.05, 4.69) is 25.7 Å². The fourth-order valence-corrected chi connectivity index (χ4v) is 2.90. The zero-order valence-corrected chi connectivity index (χ0v) is 11.3. The Morgan fingerprint density at radius 2 is 1.75 bits per heavy atom. The molecule has 1 rings (SSSR count). The highest BCUT2D eigenvalue weighted by molar-refractivity contribution is 4.83. The highest BCUT2D eigenvalue weighted by Crippen LogP contribution is 2.24. The van der Waals surface area contributed by atoms with E-state index in [0.29, 0.717) is 6.04 Å². The first-order valence-electron chi connectivity index (χ1n) is 7.14. The number of hydrogen-bond acceptors (Lipinski definition) is 2. The van der Waals surface area contributed by atoms with E-state index in [1.54, 1.807) is 0 Å². The lowest BCUT2D eigenvalue weighted by atomic mass is 9.90. The zero-order valence-electron chi connectivity index (χ0n) is 11.3. The van der Waals surface area contributed by atoms with E-state index in [4.69, 9.17) is 0 Å². The van der Waals surface area contributed by atoms with E-state index < -0.39 is 0 Å². The molecule has 0 aromatic rings. The molecular formula is C14H29NO. The highest BCUT2D eigenvalue weighted by Gasteiger charge is 2.28. The molecule has 1 aliphatic rings. The van der Waals surface area contributed by atoms with Crippen LogP contribution < -0.4 is 0 Å². The molecule has 0 saturated heterocycles. The largest absolute Gasteiger partial charge is 0.391 e. The van der Waals surface area contributed by atoms with Crippen LogP contribution in [0, 0.1) is 5.92 Å². The molecule has 2 nitrogen and oxygen atoms in total.